The summed E-state index contributed by atoms with van der Waals surface area (Å²) < 4.78 is 30.1. The molecule has 2 aromatic carbocycles. The second kappa shape index (κ2) is 7.31. The Hall–Kier alpha value is -2.80. The van der Waals surface area contributed by atoms with Crippen molar-refractivity contribution in [2.45, 2.75) is 18.9 Å². The number of likely N-dealkylation sites (N-methyl/N-ethyl adjacent to an activating group) is 1. The lowest BCUT2D eigenvalue weighted by molar-refractivity contribution is -0.143. The maximum atomic E-state index is 14.3. The van der Waals surface area contributed by atoms with Gasteiger partial charge >= 0.3 is 5.97 Å². The van der Waals surface area contributed by atoms with Gasteiger partial charge in [-0.1, -0.05) is 19.1 Å². The zero-order valence-corrected chi connectivity index (χ0v) is 15.7. The number of likely N-dealkylation sites (tertiary alicyclic amines) is 1. The van der Waals surface area contributed by atoms with E-state index < -0.39 is 23.7 Å². The Morgan fingerprint density at radius 1 is 1.21 bits per heavy atom. The van der Waals surface area contributed by atoms with Gasteiger partial charge in [-0.25, -0.2) is 4.39 Å². The summed E-state index contributed by atoms with van der Waals surface area (Å²) in [6.07, 6.45) is 0. The van der Waals surface area contributed by atoms with Gasteiger partial charge in [0.25, 0.3) is 0 Å². The van der Waals surface area contributed by atoms with Crippen molar-refractivity contribution < 1.29 is 28.5 Å². The molecule has 148 valence electrons. The van der Waals surface area contributed by atoms with E-state index in [0.29, 0.717) is 30.2 Å². The van der Waals surface area contributed by atoms with E-state index in [9.17, 15) is 14.3 Å². The number of methoxy groups -OCH3 is 1. The molecule has 0 aliphatic carbocycles. The van der Waals surface area contributed by atoms with Crippen molar-refractivity contribution in [1.29, 1.82) is 0 Å². The number of carbonyl (C=O) groups is 1. The van der Waals surface area contributed by atoms with E-state index in [-0.39, 0.29) is 18.5 Å². The van der Waals surface area contributed by atoms with Gasteiger partial charge in [0.2, 0.25) is 6.79 Å². The number of halogens is 1. The highest BCUT2D eigenvalue weighted by Gasteiger charge is 2.47. The molecule has 2 aromatic rings. The molecule has 2 aliphatic heterocycles. The van der Waals surface area contributed by atoms with Gasteiger partial charge in [0.05, 0.1) is 13.0 Å². The zero-order valence-electron chi connectivity index (χ0n) is 15.7. The SMILES string of the molecule is CCN1C[C@H](c2ccc3c(c2)OCO3)[C@@H](C(=O)O)[C@@H]1c1ccc(OC)c(F)c1. The van der Waals surface area contributed by atoms with Crippen LogP contribution in [0.15, 0.2) is 36.4 Å². The van der Waals surface area contributed by atoms with Gasteiger partial charge in [-0.05, 0) is 41.9 Å². The molecule has 6 nitrogen and oxygen atoms in total. The highest BCUT2D eigenvalue weighted by Crippen LogP contribution is 2.47. The molecular formula is C21H22FNO5. The second-order valence-corrected chi connectivity index (χ2v) is 7.01. The fourth-order valence-electron chi connectivity index (χ4n) is 4.30. The lowest BCUT2D eigenvalue weighted by atomic mass is 9.82. The quantitative estimate of drug-likeness (QED) is 0.848. The summed E-state index contributed by atoms with van der Waals surface area (Å²) in [5.74, 6) is -0.927. The highest BCUT2D eigenvalue weighted by molar-refractivity contribution is 5.74. The van der Waals surface area contributed by atoms with Crippen molar-refractivity contribution >= 4 is 5.97 Å². The number of carboxylic acids is 1. The molecule has 1 saturated heterocycles. The largest absolute Gasteiger partial charge is 0.494 e. The van der Waals surface area contributed by atoms with E-state index in [1.165, 1.54) is 13.2 Å². The number of carboxylic acid groups (broad SMARTS) is 1. The van der Waals surface area contributed by atoms with Crippen LogP contribution in [0.4, 0.5) is 4.39 Å². The molecular weight excluding hydrogens is 365 g/mol. The second-order valence-electron chi connectivity index (χ2n) is 7.01. The zero-order chi connectivity index (χ0) is 19.8. The Morgan fingerprint density at radius 3 is 2.64 bits per heavy atom. The Morgan fingerprint density at radius 2 is 1.96 bits per heavy atom. The molecule has 0 saturated carbocycles. The topological polar surface area (TPSA) is 68.2 Å². The molecule has 2 aliphatic rings. The average Bonchev–Trinajstić information content (AvgIpc) is 3.31. The summed E-state index contributed by atoms with van der Waals surface area (Å²) >= 11 is 0. The van der Waals surface area contributed by atoms with Crippen LogP contribution in [0.25, 0.3) is 0 Å². The Kier molecular flexibility index (Phi) is 4.85. The van der Waals surface area contributed by atoms with Gasteiger partial charge in [-0.3, -0.25) is 9.69 Å². The summed E-state index contributed by atoms with van der Waals surface area (Å²) in [6, 6.07) is 9.79. The first-order valence-corrected chi connectivity index (χ1v) is 9.23. The molecule has 0 bridgehead atoms. The molecule has 7 heteroatoms. The molecule has 0 radical (unpaired) electrons. The molecule has 0 aromatic heterocycles. The van der Waals surface area contributed by atoms with Crippen LogP contribution in [0, 0.1) is 11.7 Å². The molecule has 0 unspecified atom stereocenters. The van der Waals surface area contributed by atoms with Crippen LogP contribution in [0.3, 0.4) is 0 Å². The van der Waals surface area contributed by atoms with Crippen molar-refractivity contribution in [1.82, 2.24) is 4.90 Å². The van der Waals surface area contributed by atoms with Gasteiger partial charge in [-0.15, -0.1) is 0 Å². The maximum Gasteiger partial charge on any atom is 0.309 e. The van der Waals surface area contributed by atoms with Crippen LogP contribution < -0.4 is 14.2 Å². The minimum absolute atomic E-state index is 0.143. The van der Waals surface area contributed by atoms with Crippen molar-refractivity contribution in [3.05, 3.63) is 53.3 Å². The number of hydrogen-bond donors (Lipinski definition) is 1. The summed E-state index contributed by atoms with van der Waals surface area (Å²) in [7, 11) is 1.40. The smallest absolute Gasteiger partial charge is 0.309 e. The summed E-state index contributed by atoms with van der Waals surface area (Å²) in [5, 5.41) is 10.1. The predicted molar refractivity (Wildman–Crippen MR) is 99.4 cm³/mol. The lowest BCUT2D eigenvalue weighted by Crippen LogP contribution is -2.28. The first-order valence-electron chi connectivity index (χ1n) is 9.23. The fraction of sp³-hybridized carbons (Fsp3) is 0.381. The predicted octanol–water partition coefficient (Wildman–Crippen LogP) is 3.42. The van der Waals surface area contributed by atoms with Crippen LogP contribution in [0.2, 0.25) is 0 Å². The minimum atomic E-state index is -0.903. The molecule has 3 atom stereocenters. The van der Waals surface area contributed by atoms with Crippen molar-refractivity contribution in [3.8, 4) is 17.2 Å². The molecule has 0 amide bonds. The summed E-state index contributed by atoms with van der Waals surface area (Å²) in [6.45, 7) is 3.36. The lowest BCUT2D eigenvalue weighted by Gasteiger charge is -2.26. The number of rotatable bonds is 5. The molecule has 1 N–H and O–H groups in total. The first-order chi connectivity index (χ1) is 13.5. The number of nitrogens with zero attached hydrogens (tertiary/aromatic N) is 1. The Bertz CT molecular complexity index is 902. The normalized spacial score (nSPS) is 23.8. The number of aliphatic carboxylic acids is 1. The molecule has 4 rings (SSSR count). The summed E-state index contributed by atoms with van der Waals surface area (Å²) in [5.41, 5.74) is 1.52. The average molecular weight is 387 g/mol. The van der Waals surface area contributed by atoms with Crippen LogP contribution in [0.1, 0.15) is 30.0 Å². The number of benzene rings is 2. The van der Waals surface area contributed by atoms with Gasteiger partial charge < -0.3 is 19.3 Å². The number of hydrogen-bond acceptors (Lipinski definition) is 5. The third kappa shape index (κ3) is 3.05. The van der Waals surface area contributed by atoms with E-state index >= 15 is 0 Å². The summed E-state index contributed by atoms with van der Waals surface area (Å²) in [4.78, 5) is 14.3. The van der Waals surface area contributed by atoms with Crippen LogP contribution in [-0.4, -0.2) is 43.0 Å². The van der Waals surface area contributed by atoms with E-state index in [2.05, 4.69) is 4.90 Å². The fourth-order valence-corrected chi connectivity index (χ4v) is 4.30. The van der Waals surface area contributed by atoms with E-state index in [4.69, 9.17) is 14.2 Å². The van der Waals surface area contributed by atoms with Crippen molar-refractivity contribution in [2.75, 3.05) is 27.0 Å². The Labute approximate surface area is 162 Å². The molecule has 0 spiro atoms. The van der Waals surface area contributed by atoms with E-state index in [1.54, 1.807) is 12.1 Å². The van der Waals surface area contributed by atoms with E-state index in [1.807, 2.05) is 25.1 Å². The molecule has 1 fully saturated rings. The van der Waals surface area contributed by atoms with Crippen molar-refractivity contribution in [2.24, 2.45) is 5.92 Å². The molecule has 2 heterocycles. The van der Waals surface area contributed by atoms with Gasteiger partial charge in [-0.2, -0.15) is 0 Å². The van der Waals surface area contributed by atoms with Crippen molar-refractivity contribution in [3.63, 3.8) is 0 Å². The first kappa shape index (κ1) is 18.6. The standard InChI is InChI=1S/C21H22FNO5/c1-3-23-10-14(12-4-7-17-18(9-12)28-11-27-17)19(21(24)25)20(23)13-5-6-16(26-2)15(22)8-13/h4-9,14,19-20H,3,10-11H2,1-2H3,(H,24,25)/t14-,19-,20+/m1/s1. The third-order valence-corrected chi connectivity index (χ3v) is 5.63. The van der Waals surface area contributed by atoms with Crippen LogP contribution in [-0.2, 0) is 4.79 Å². The van der Waals surface area contributed by atoms with Crippen LogP contribution in [0.5, 0.6) is 17.2 Å². The van der Waals surface area contributed by atoms with Crippen LogP contribution >= 0.6 is 0 Å². The van der Waals surface area contributed by atoms with E-state index in [0.717, 1.165) is 5.56 Å². The highest BCUT2D eigenvalue weighted by atomic mass is 19.1. The maximum absolute atomic E-state index is 14.3. The Balaban J connectivity index is 1.74. The monoisotopic (exact) mass is 387 g/mol. The minimum Gasteiger partial charge on any atom is -0.494 e. The van der Waals surface area contributed by atoms with Gasteiger partial charge in [0, 0.05) is 18.5 Å². The number of ether oxygens (including phenoxy) is 3. The van der Waals surface area contributed by atoms with Gasteiger partial charge in [0.1, 0.15) is 0 Å². The third-order valence-electron chi connectivity index (χ3n) is 5.63. The number of fused-ring (bicyclic) bond motifs is 1. The van der Waals surface area contributed by atoms with Gasteiger partial charge in [0.15, 0.2) is 23.1 Å². The molecule has 28 heavy (non-hydrogen) atoms.